The van der Waals surface area contributed by atoms with Crippen LogP contribution in [-0.2, 0) is 11.3 Å². The second-order valence-electron chi connectivity index (χ2n) is 6.78. The van der Waals surface area contributed by atoms with Gasteiger partial charge in [-0.05, 0) is 55.0 Å². The Morgan fingerprint density at radius 2 is 1.77 bits per heavy atom. The lowest BCUT2D eigenvalue weighted by Gasteiger charge is -2.15. The molecule has 0 aliphatic carbocycles. The first-order valence-corrected chi connectivity index (χ1v) is 10.9. The number of carbonyl (C=O) groups excluding carboxylic acids is 1. The Balaban J connectivity index is 1.65. The smallest absolute Gasteiger partial charge is 0.262 e. The van der Waals surface area contributed by atoms with Gasteiger partial charge in [0.2, 0.25) is 0 Å². The summed E-state index contributed by atoms with van der Waals surface area (Å²) in [7, 11) is 1.55. The van der Waals surface area contributed by atoms with Gasteiger partial charge in [-0.2, -0.15) is 0 Å². The Hall–Kier alpha value is -2.41. The summed E-state index contributed by atoms with van der Waals surface area (Å²) in [5, 5.41) is 7.23. The quantitative estimate of drug-likeness (QED) is 0.344. The molecule has 0 bridgehead atoms. The molecule has 5 nitrogen and oxygen atoms in total. The Bertz CT molecular complexity index is 1080. The highest BCUT2D eigenvalue weighted by Crippen LogP contribution is 2.34. The molecule has 0 aromatic heterocycles. The summed E-state index contributed by atoms with van der Waals surface area (Å²) < 4.78 is 11.9. The van der Waals surface area contributed by atoms with Crippen LogP contribution in [0.15, 0.2) is 59.1 Å². The second kappa shape index (κ2) is 10.8. The molecule has 0 saturated carbocycles. The fraction of sp³-hybridized carbons (Fsp3) is 0.174. The van der Waals surface area contributed by atoms with Crippen LogP contribution >= 0.6 is 39.1 Å². The first kappa shape index (κ1) is 23.3. The Morgan fingerprint density at radius 1 is 1.03 bits per heavy atom. The van der Waals surface area contributed by atoms with Crippen molar-refractivity contribution in [1.82, 2.24) is 0 Å². The maximum Gasteiger partial charge on any atom is 0.262 e. The van der Waals surface area contributed by atoms with Crippen molar-refractivity contribution >= 4 is 56.4 Å². The van der Waals surface area contributed by atoms with Gasteiger partial charge in [-0.25, -0.2) is 0 Å². The molecular formula is C23H21BrCl2N2O3. The number of rotatable bonds is 8. The summed E-state index contributed by atoms with van der Waals surface area (Å²) in [4.78, 5) is 12.2. The van der Waals surface area contributed by atoms with E-state index < -0.39 is 0 Å². The average molecular weight is 524 g/mol. The molecule has 0 fully saturated rings. The minimum absolute atomic E-state index is 0.146. The van der Waals surface area contributed by atoms with Gasteiger partial charge in [0.15, 0.2) is 18.1 Å². The fourth-order valence-electron chi connectivity index (χ4n) is 2.79. The van der Waals surface area contributed by atoms with E-state index in [1.165, 1.54) is 0 Å². The maximum absolute atomic E-state index is 12.2. The zero-order valence-corrected chi connectivity index (χ0v) is 20.1. The van der Waals surface area contributed by atoms with E-state index in [0.29, 0.717) is 33.8 Å². The van der Waals surface area contributed by atoms with Gasteiger partial charge < -0.3 is 20.1 Å². The van der Waals surface area contributed by atoms with Gasteiger partial charge in [0.05, 0.1) is 17.8 Å². The topological polar surface area (TPSA) is 59.6 Å². The molecule has 162 valence electrons. The highest BCUT2D eigenvalue weighted by molar-refractivity contribution is 9.10. The number of amides is 1. The molecule has 1 amide bonds. The van der Waals surface area contributed by atoms with E-state index in [1.54, 1.807) is 31.4 Å². The van der Waals surface area contributed by atoms with Crippen molar-refractivity contribution in [2.24, 2.45) is 0 Å². The van der Waals surface area contributed by atoms with E-state index in [2.05, 4.69) is 26.6 Å². The third-order valence-corrected chi connectivity index (χ3v) is 5.73. The molecule has 8 heteroatoms. The van der Waals surface area contributed by atoms with Crippen LogP contribution in [0.4, 0.5) is 11.4 Å². The molecule has 0 aliphatic rings. The number of aryl methyl sites for hydroxylation is 1. The van der Waals surface area contributed by atoms with E-state index in [-0.39, 0.29) is 12.5 Å². The standard InChI is InChI=1S/C23H21BrCl2N2O3/c1-14-3-6-17(7-4-14)28-23(29)13-31-22-11-18(24)15(9-21(22)30-2)12-27-20-10-16(25)5-8-19(20)26/h3-11,27H,12-13H2,1-2H3,(H,28,29). The van der Waals surface area contributed by atoms with Gasteiger partial charge in [-0.3, -0.25) is 4.79 Å². The first-order chi connectivity index (χ1) is 14.9. The van der Waals surface area contributed by atoms with Crippen molar-refractivity contribution in [3.8, 4) is 11.5 Å². The highest BCUT2D eigenvalue weighted by atomic mass is 79.9. The van der Waals surface area contributed by atoms with Crippen molar-refractivity contribution in [3.63, 3.8) is 0 Å². The first-order valence-electron chi connectivity index (χ1n) is 9.40. The molecule has 3 aromatic rings. The molecule has 0 aliphatic heterocycles. The van der Waals surface area contributed by atoms with E-state index >= 15 is 0 Å². The lowest BCUT2D eigenvalue weighted by molar-refractivity contribution is -0.118. The van der Waals surface area contributed by atoms with Gasteiger partial charge in [0, 0.05) is 21.7 Å². The summed E-state index contributed by atoms with van der Waals surface area (Å²) in [5.74, 6) is 0.710. The van der Waals surface area contributed by atoms with Crippen LogP contribution in [0.3, 0.4) is 0 Å². The summed E-state index contributed by atoms with van der Waals surface area (Å²) in [5.41, 5.74) is 3.49. The summed E-state index contributed by atoms with van der Waals surface area (Å²) in [6, 6.07) is 16.4. The van der Waals surface area contributed by atoms with E-state index in [1.807, 2.05) is 37.3 Å². The zero-order chi connectivity index (χ0) is 22.4. The van der Waals surface area contributed by atoms with E-state index in [4.69, 9.17) is 32.7 Å². The molecule has 0 atom stereocenters. The molecule has 0 spiro atoms. The summed E-state index contributed by atoms with van der Waals surface area (Å²) in [6.45, 7) is 2.32. The fourth-order valence-corrected chi connectivity index (χ4v) is 3.60. The predicted molar refractivity (Wildman–Crippen MR) is 130 cm³/mol. The van der Waals surface area contributed by atoms with Crippen LogP contribution in [0.1, 0.15) is 11.1 Å². The number of carbonyl (C=O) groups is 1. The molecule has 3 rings (SSSR count). The lowest BCUT2D eigenvalue weighted by atomic mass is 10.2. The maximum atomic E-state index is 12.2. The van der Waals surface area contributed by atoms with Crippen LogP contribution in [0.2, 0.25) is 10.0 Å². The molecule has 0 saturated heterocycles. The number of benzene rings is 3. The number of ether oxygens (including phenoxy) is 2. The normalized spacial score (nSPS) is 10.5. The minimum atomic E-state index is -0.261. The number of nitrogens with one attached hydrogen (secondary N) is 2. The average Bonchev–Trinajstić information content (AvgIpc) is 2.75. The number of methoxy groups -OCH3 is 1. The van der Waals surface area contributed by atoms with Crippen LogP contribution in [0.25, 0.3) is 0 Å². The lowest BCUT2D eigenvalue weighted by Crippen LogP contribution is -2.20. The largest absolute Gasteiger partial charge is 0.493 e. The van der Waals surface area contributed by atoms with E-state index in [9.17, 15) is 4.79 Å². The summed E-state index contributed by atoms with van der Waals surface area (Å²) in [6.07, 6.45) is 0. The van der Waals surface area contributed by atoms with Crippen molar-refractivity contribution < 1.29 is 14.3 Å². The third kappa shape index (κ3) is 6.53. The second-order valence-corrected chi connectivity index (χ2v) is 8.47. The van der Waals surface area contributed by atoms with Gasteiger partial charge in [0.1, 0.15) is 0 Å². The van der Waals surface area contributed by atoms with E-state index in [0.717, 1.165) is 21.3 Å². The van der Waals surface area contributed by atoms with Crippen LogP contribution in [-0.4, -0.2) is 19.6 Å². The Kier molecular flexibility index (Phi) is 8.07. The molecule has 0 radical (unpaired) electrons. The van der Waals surface area contributed by atoms with Crippen LogP contribution < -0.4 is 20.1 Å². The van der Waals surface area contributed by atoms with Crippen LogP contribution in [0, 0.1) is 6.92 Å². The molecule has 0 heterocycles. The van der Waals surface area contributed by atoms with Crippen molar-refractivity contribution in [1.29, 1.82) is 0 Å². The molecule has 31 heavy (non-hydrogen) atoms. The number of anilines is 2. The van der Waals surface area contributed by atoms with Crippen molar-refractivity contribution in [3.05, 3.63) is 80.2 Å². The number of halogens is 3. The third-order valence-electron chi connectivity index (χ3n) is 4.42. The van der Waals surface area contributed by atoms with Gasteiger partial charge in [-0.15, -0.1) is 0 Å². The van der Waals surface area contributed by atoms with Gasteiger partial charge >= 0.3 is 0 Å². The number of hydrogen-bond acceptors (Lipinski definition) is 4. The summed E-state index contributed by atoms with van der Waals surface area (Å²) >= 11 is 15.8. The van der Waals surface area contributed by atoms with Crippen molar-refractivity contribution in [2.45, 2.75) is 13.5 Å². The molecule has 0 unspecified atom stereocenters. The predicted octanol–water partition coefficient (Wildman–Crippen LogP) is 6.70. The SMILES string of the molecule is COc1cc(CNc2cc(Cl)ccc2Cl)c(Br)cc1OCC(=O)Nc1ccc(C)cc1. The molecular weight excluding hydrogens is 503 g/mol. The Labute approximate surface area is 199 Å². The van der Waals surface area contributed by atoms with Crippen LogP contribution in [0.5, 0.6) is 11.5 Å². The minimum Gasteiger partial charge on any atom is -0.493 e. The Morgan fingerprint density at radius 3 is 2.48 bits per heavy atom. The van der Waals surface area contributed by atoms with Gasteiger partial charge in [0.25, 0.3) is 5.91 Å². The highest BCUT2D eigenvalue weighted by Gasteiger charge is 2.13. The number of hydrogen-bond donors (Lipinski definition) is 2. The monoisotopic (exact) mass is 522 g/mol. The van der Waals surface area contributed by atoms with Gasteiger partial charge in [-0.1, -0.05) is 56.8 Å². The molecule has 3 aromatic carbocycles. The zero-order valence-electron chi connectivity index (χ0n) is 17.0. The van der Waals surface area contributed by atoms with Crippen molar-refractivity contribution in [2.75, 3.05) is 24.4 Å². The molecule has 2 N–H and O–H groups in total.